The minimum absolute atomic E-state index is 0.299. The Bertz CT molecular complexity index is 499. The molecule has 0 saturated carbocycles. The summed E-state index contributed by atoms with van der Waals surface area (Å²) in [4.78, 5) is 4.28. The second-order valence-electron chi connectivity index (χ2n) is 5.03. The van der Waals surface area contributed by atoms with Crippen LogP contribution in [0.4, 0.5) is 0 Å². The lowest BCUT2D eigenvalue weighted by Crippen LogP contribution is -2.23. The summed E-state index contributed by atoms with van der Waals surface area (Å²) in [5, 5.41) is 10.3. The Morgan fingerprint density at radius 2 is 1.72 bits per heavy atom. The minimum atomic E-state index is -0.299. The summed E-state index contributed by atoms with van der Waals surface area (Å²) in [7, 11) is 0. The van der Waals surface area contributed by atoms with Gasteiger partial charge in [0.2, 0.25) is 0 Å². The lowest BCUT2D eigenvalue weighted by Gasteiger charge is -2.17. The molecule has 2 aromatic rings. The summed E-state index contributed by atoms with van der Waals surface area (Å²) in [5.74, 6) is 0.337. The van der Waals surface area contributed by atoms with Crippen LogP contribution in [0, 0.1) is 5.92 Å². The molecule has 1 aromatic carbocycles. The highest BCUT2D eigenvalue weighted by atomic mass is 16.3. The topological polar surface area (TPSA) is 33.1 Å². The minimum Gasteiger partial charge on any atom is -0.392 e. The van der Waals surface area contributed by atoms with Gasteiger partial charge in [-0.1, -0.05) is 30.3 Å². The van der Waals surface area contributed by atoms with Crippen LogP contribution in [0.1, 0.15) is 16.8 Å². The normalized spacial score (nSPS) is 16.5. The van der Waals surface area contributed by atoms with Crippen molar-refractivity contribution < 1.29 is 5.11 Å². The lowest BCUT2D eigenvalue weighted by molar-refractivity contribution is 0.112. The van der Waals surface area contributed by atoms with E-state index in [-0.39, 0.29) is 6.10 Å². The van der Waals surface area contributed by atoms with Gasteiger partial charge < -0.3 is 5.11 Å². The molecule has 1 unspecified atom stereocenters. The Morgan fingerprint density at radius 3 is 2.33 bits per heavy atom. The van der Waals surface area contributed by atoms with Gasteiger partial charge in [0.25, 0.3) is 0 Å². The number of hydrogen-bond acceptors (Lipinski definition) is 2. The summed E-state index contributed by atoms with van der Waals surface area (Å²) in [6.07, 6.45) is 4.12. The van der Waals surface area contributed by atoms with E-state index in [1.165, 1.54) is 11.1 Å². The molecular formula is C16H17NO. The van der Waals surface area contributed by atoms with Gasteiger partial charge in [-0.25, -0.2) is 0 Å². The zero-order valence-corrected chi connectivity index (χ0v) is 10.3. The van der Waals surface area contributed by atoms with Crippen molar-refractivity contribution in [1.82, 2.24) is 4.98 Å². The smallest absolute Gasteiger partial charge is 0.0630 e. The van der Waals surface area contributed by atoms with Gasteiger partial charge in [0.1, 0.15) is 0 Å². The highest BCUT2D eigenvalue weighted by molar-refractivity contribution is 5.32. The largest absolute Gasteiger partial charge is 0.392 e. The molecule has 1 atom stereocenters. The van der Waals surface area contributed by atoms with Crippen LogP contribution in [0.2, 0.25) is 0 Å². The first kappa shape index (κ1) is 11.4. The van der Waals surface area contributed by atoms with E-state index in [0.29, 0.717) is 12.3 Å². The van der Waals surface area contributed by atoms with E-state index in [1.807, 2.05) is 18.2 Å². The Hall–Kier alpha value is -1.67. The first-order valence-electron chi connectivity index (χ1n) is 6.47. The molecule has 2 heteroatoms. The van der Waals surface area contributed by atoms with E-state index >= 15 is 0 Å². The van der Waals surface area contributed by atoms with Crippen molar-refractivity contribution in [3.05, 3.63) is 65.5 Å². The van der Waals surface area contributed by atoms with Crippen molar-refractivity contribution in [3.63, 3.8) is 0 Å². The SMILES string of the molecule is OC(Cc1ccccn1)C1Cc2ccccc2C1. The first-order chi connectivity index (χ1) is 8.83. The lowest BCUT2D eigenvalue weighted by atomic mass is 9.95. The zero-order valence-electron chi connectivity index (χ0n) is 10.3. The third kappa shape index (κ3) is 2.29. The van der Waals surface area contributed by atoms with E-state index in [2.05, 4.69) is 29.2 Å². The van der Waals surface area contributed by atoms with Gasteiger partial charge in [-0.05, 0) is 42.0 Å². The summed E-state index contributed by atoms with van der Waals surface area (Å²) in [6.45, 7) is 0. The molecule has 1 N–H and O–H groups in total. The molecule has 92 valence electrons. The monoisotopic (exact) mass is 239 g/mol. The van der Waals surface area contributed by atoms with Gasteiger partial charge in [0.15, 0.2) is 0 Å². The number of aromatic nitrogens is 1. The molecule has 0 bridgehead atoms. The maximum atomic E-state index is 10.3. The molecule has 1 aromatic heterocycles. The molecule has 0 spiro atoms. The summed E-state index contributed by atoms with van der Waals surface area (Å²) >= 11 is 0. The van der Waals surface area contributed by atoms with Crippen molar-refractivity contribution in [2.45, 2.75) is 25.4 Å². The molecule has 0 fully saturated rings. The Balaban J connectivity index is 1.67. The molecule has 2 nitrogen and oxygen atoms in total. The standard InChI is InChI=1S/C16H17NO/c18-16(11-15-7-3-4-8-17-15)14-9-12-5-1-2-6-13(12)10-14/h1-8,14,16,18H,9-11H2. The Labute approximate surface area is 107 Å². The van der Waals surface area contributed by atoms with Gasteiger partial charge in [-0.15, -0.1) is 0 Å². The van der Waals surface area contributed by atoms with Crippen LogP contribution in [0.5, 0.6) is 0 Å². The van der Waals surface area contributed by atoms with Crippen LogP contribution in [0.3, 0.4) is 0 Å². The average molecular weight is 239 g/mol. The van der Waals surface area contributed by atoms with Crippen molar-refractivity contribution in [3.8, 4) is 0 Å². The fourth-order valence-electron chi connectivity index (χ4n) is 2.76. The van der Waals surface area contributed by atoms with Gasteiger partial charge in [0, 0.05) is 18.3 Å². The van der Waals surface area contributed by atoms with E-state index in [0.717, 1.165) is 18.5 Å². The molecule has 0 aliphatic heterocycles. The van der Waals surface area contributed by atoms with E-state index < -0.39 is 0 Å². The second kappa shape index (κ2) is 4.91. The Kier molecular flexibility index (Phi) is 3.11. The molecule has 1 aliphatic rings. The van der Waals surface area contributed by atoms with Crippen molar-refractivity contribution in [1.29, 1.82) is 0 Å². The van der Waals surface area contributed by atoms with Crippen LogP contribution >= 0.6 is 0 Å². The number of rotatable bonds is 3. The quantitative estimate of drug-likeness (QED) is 0.892. The average Bonchev–Trinajstić information content (AvgIpc) is 2.84. The summed E-state index contributed by atoms with van der Waals surface area (Å²) < 4.78 is 0. The number of hydrogen-bond donors (Lipinski definition) is 1. The molecular weight excluding hydrogens is 222 g/mol. The molecule has 3 rings (SSSR count). The van der Waals surface area contributed by atoms with Crippen LogP contribution in [-0.4, -0.2) is 16.2 Å². The van der Waals surface area contributed by atoms with E-state index in [1.54, 1.807) is 6.20 Å². The molecule has 18 heavy (non-hydrogen) atoms. The summed E-state index contributed by atoms with van der Waals surface area (Å²) in [5.41, 5.74) is 3.76. The van der Waals surface area contributed by atoms with Gasteiger partial charge >= 0.3 is 0 Å². The van der Waals surface area contributed by atoms with Crippen molar-refractivity contribution in [2.75, 3.05) is 0 Å². The molecule has 0 saturated heterocycles. The first-order valence-corrected chi connectivity index (χ1v) is 6.47. The number of fused-ring (bicyclic) bond motifs is 1. The molecule has 0 amide bonds. The van der Waals surface area contributed by atoms with Crippen LogP contribution in [0.25, 0.3) is 0 Å². The molecule has 1 aliphatic carbocycles. The fraction of sp³-hybridized carbons (Fsp3) is 0.312. The number of benzene rings is 1. The van der Waals surface area contributed by atoms with Gasteiger partial charge in [0.05, 0.1) is 6.10 Å². The van der Waals surface area contributed by atoms with Crippen molar-refractivity contribution in [2.24, 2.45) is 5.92 Å². The number of aliphatic hydroxyl groups is 1. The van der Waals surface area contributed by atoms with Crippen LogP contribution < -0.4 is 0 Å². The summed E-state index contributed by atoms with van der Waals surface area (Å²) in [6, 6.07) is 14.3. The van der Waals surface area contributed by atoms with E-state index in [9.17, 15) is 5.11 Å². The molecule has 1 heterocycles. The predicted molar refractivity (Wildman–Crippen MR) is 71.3 cm³/mol. The number of nitrogens with zero attached hydrogens (tertiary/aromatic N) is 1. The fourth-order valence-corrected chi connectivity index (χ4v) is 2.76. The van der Waals surface area contributed by atoms with Gasteiger partial charge in [-0.2, -0.15) is 0 Å². The van der Waals surface area contributed by atoms with Crippen LogP contribution in [0.15, 0.2) is 48.7 Å². The highest BCUT2D eigenvalue weighted by Crippen LogP contribution is 2.29. The maximum Gasteiger partial charge on any atom is 0.0630 e. The maximum absolute atomic E-state index is 10.3. The Morgan fingerprint density at radius 1 is 1.06 bits per heavy atom. The molecule has 0 radical (unpaired) electrons. The number of aliphatic hydroxyl groups excluding tert-OH is 1. The highest BCUT2D eigenvalue weighted by Gasteiger charge is 2.27. The third-order valence-corrected chi connectivity index (χ3v) is 3.77. The zero-order chi connectivity index (χ0) is 12.4. The third-order valence-electron chi connectivity index (χ3n) is 3.77. The number of pyridine rings is 1. The van der Waals surface area contributed by atoms with E-state index in [4.69, 9.17) is 0 Å². The van der Waals surface area contributed by atoms with Crippen molar-refractivity contribution >= 4 is 0 Å². The second-order valence-corrected chi connectivity index (χ2v) is 5.03. The predicted octanol–water partition coefficient (Wildman–Crippen LogP) is 2.40. The van der Waals surface area contributed by atoms with Gasteiger partial charge in [-0.3, -0.25) is 4.98 Å². The van der Waals surface area contributed by atoms with Crippen LogP contribution in [-0.2, 0) is 19.3 Å².